The molecule has 1 aliphatic heterocycles. The lowest BCUT2D eigenvalue weighted by atomic mass is 10.0. The van der Waals surface area contributed by atoms with Crippen molar-refractivity contribution in [1.82, 2.24) is 0 Å². The van der Waals surface area contributed by atoms with Crippen LogP contribution in [0.1, 0.15) is 12.5 Å². The Morgan fingerprint density at radius 3 is 2.10 bits per heavy atom. The van der Waals surface area contributed by atoms with Crippen molar-refractivity contribution in [3.63, 3.8) is 0 Å². The summed E-state index contributed by atoms with van der Waals surface area (Å²) in [7, 11) is 0. The molecule has 3 aromatic carbocycles. The number of hydrogen-bond acceptors (Lipinski definition) is 3. The SMILES string of the molecule is CCN(C1=C(c2ccccc2)C(=O)N(c2cccc(Br)c2)C1=O)c1ccccc1. The van der Waals surface area contributed by atoms with E-state index in [0.717, 1.165) is 15.7 Å². The predicted octanol–water partition coefficient (Wildman–Crippen LogP) is 5.26. The van der Waals surface area contributed by atoms with Crippen LogP contribution in [-0.4, -0.2) is 18.4 Å². The molecular formula is C24H19BrN2O2. The summed E-state index contributed by atoms with van der Waals surface area (Å²) in [6, 6.07) is 26.3. The Morgan fingerprint density at radius 2 is 1.48 bits per heavy atom. The maximum atomic E-state index is 13.6. The quantitative estimate of drug-likeness (QED) is 0.501. The highest BCUT2D eigenvalue weighted by Crippen LogP contribution is 2.37. The van der Waals surface area contributed by atoms with Gasteiger partial charge in [0.25, 0.3) is 11.8 Å². The standard InChI is InChI=1S/C24H19BrN2O2/c1-2-26(19-13-7-4-8-14-19)22-21(17-10-5-3-6-11-17)23(28)27(24(22)29)20-15-9-12-18(25)16-20/h3-16H,2H2,1H3. The lowest BCUT2D eigenvalue weighted by molar-refractivity contribution is -0.120. The molecule has 0 bridgehead atoms. The van der Waals surface area contributed by atoms with Crippen LogP contribution in [0.25, 0.3) is 5.57 Å². The number of carbonyl (C=O) groups excluding carboxylic acids is 2. The van der Waals surface area contributed by atoms with Crippen molar-refractivity contribution < 1.29 is 9.59 Å². The van der Waals surface area contributed by atoms with Crippen molar-refractivity contribution >= 4 is 44.7 Å². The first-order chi connectivity index (χ1) is 14.1. The molecule has 144 valence electrons. The molecule has 29 heavy (non-hydrogen) atoms. The Balaban J connectivity index is 1.91. The third kappa shape index (κ3) is 3.49. The zero-order valence-electron chi connectivity index (χ0n) is 15.9. The van der Waals surface area contributed by atoms with Crippen LogP contribution < -0.4 is 9.80 Å². The fraction of sp³-hybridized carbons (Fsp3) is 0.0833. The van der Waals surface area contributed by atoms with Crippen LogP contribution >= 0.6 is 15.9 Å². The average Bonchev–Trinajstić information content (AvgIpc) is 3.00. The van der Waals surface area contributed by atoms with Gasteiger partial charge in [0.1, 0.15) is 5.70 Å². The number of rotatable bonds is 5. The van der Waals surface area contributed by atoms with Gasteiger partial charge in [-0.15, -0.1) is 0 Å². The van der Waals surface area contributed by atoms with E-state index in [1.807, 2.05) is 84.6 Å². The molecule has 4 rings (SSSR count). The van der Waals surface area contributed by atoms with E-state index in [9.17, 15) is 9.59 Å². The van der Waals surface area contributed by atoms with Crippen LogP contribution in [-0.2, 0) is 9.59 Å². The van der Waals surface area contributed by atoms with E-state index in [-0.39, 0.29) is 11.8 Å². The summed E-state index contributed by atoms with van der Waals surface area (Å²) in [5.41, 5.74) is 2.96. The summed E-state index contributed by atoms with van der Waals surface area (Å²) < 4.78 is 0.806. The van der Waals surface area contributed by atoms with Crippen LogP contribution in [0.2, 0.25) is 0 Å². The molecule has 0 N–H and O–H groups in total. The van der Waals surface area contributed by atoms with Gasteiger partial charge >= 0.3 is 0 Å². The van der Waals surface area contributed by atoms with Crippen LogP contribution in [0.3, 0.4) is 0 Å². The van der Waals surface area contributed by atoms with Crippen molar-refractivity contribution in [1.29, 1.82) is 0 Å². The second kappa shape index (κ2) is 8.05. The van der Waals surface area contributed by atoms with E-state index in [4.69, 9.17) is 0 Å². The summed E-state index contributed by atoms with van der Waals surface area (Å²) in [6.45, 7) is 2.53. The van der Waals surface area contributed by atoms with Crippen molar-refractivity contribution in [2.45, 2.75) is 6.92 Å². The first kappa shape index (κ1) is 19.2. The maximum absolute atomic E-state index is 13.6. The van der Waals surface area contributed by atoms with E-state index in [2.05, 4.69) is 15.9 Å². The number of para-hydroxylation sites is 1. The Kier molecular flexibility index (Phi) is 5.32. The van der Waals surface area contributed by atoms with Crippen LogP contribution in [0.5, 0.6) is 0 Å². The molecule has 0 unspecified atom stereocenters. The van der Waals surface area contributed by atoms with Gasteiger partial charge < -0.3 is 4.90 Å². The Morgan fingerprint density at radius 1 is 0.828 bits per heavy atom. The van der Waals surface area contributed by atoms with Gasteiger partial charge in [-0.05, 0) is 42.8 Å². The minimum Gasteiger partial charge on any atom is -0.337 e. The van der Waals surface area contributed by atoms with Crippen molar-refractivity contribution in [2.75, 3.05) is 16.3 Å². The molecule has 1 heterocycles. The van der Waals surface area contributed by atoms with Gasteiger partial charge in [-0.3, -0.25) is 9.59 Å². The van der Waals surface area contributed by atoms with Gasteiger partial charge in [0.15, 0.2) is 0 Å². The number of amides is 2. The second-order valence-corrected chi connectivity index (χ2v) is 7.51. The highest BCUT2D eigenvalue weighted by Gasteiger charge is 2.42. The normalized spacial score (nSPS) is 13.9. The number of halogens is 1. The molecule has 0 radical (unpaired) electrons. The third-order valence-electron chi connectivity index (χ3n) is 4.84. The number of benzene rings is 3. The predicted molar refractivity (Wildman–Crippen MR) is 119 cm³/mol. The van der Waals surface area contributed by atoms with Gasteiger partial charge in [-0.1, -0.05) is 70.5 Å². The lowest BCUT2D eigenvalue weighted by Crippen LogP contribution is -2.35. The molecular weight excluding hydrogens is 428 g/mol. The number of hydrogen-bond donors (Lipinski definition) is 0. The van der Waals surface area contributed by atoms with Gasteiger partial charge in [0.2, 0.25) is 0 Å². The highest BCUT2D eigenvalue weighted by molar-refractivity contribution is 9.10. The minimum atomic E-state index is -0.322. The number of imide groups is 1. The molecule has 0 aromatic heterocycles. The molecule has 0 saturated heterocycles. The van der Waals surface area contributed by atoms with Crippen LogP contribution in [0.4, 0.5) is 11.4 Å². The third-order valence-corrected chi connectivity index (χ3v) is 5.34. The summed E-state index contributed by atoms with van der Waals surface area (Å²) >= 11 is 3.43. The largest absolute Gasteiger partial charge is 0.337 e. The molecule has 3 aromatic rings. The van der Waals surface area contributed by atoms with Gasteiger partial charge in [0.05, 0.1) is 11.3 Å². The first-order valence-corrected chi connectivity index (χ1v) is 10.2. The lowest BCUT2D eigenvalue weighted by Gasteiger charge is -2.25. The molecule has 0 saturated carbocycles. The molecule has 4 nitrogen and oxygen atoms in total. The smallest absolute Gasteiger partial charge is 0.282 e. The monoisotopic (exact) mass is 446 g/mol. The molecule has 0 fully saturated rings. The molecule has 5 heteroatoms. The maximum Gasteiger partial charge on any atom is 0.282 e. The summed E-state index contributed by atoms with van der Waals surface area (Å²) in [4.78, 5) is 30.2. The molecule has 0 atom stereocenters. The number of carbonyl (C=O) groups is 2. The molecule has 2 amide bonds. The fourth-order valence-electron chi connectivity index (χ4n) is 3.56. The average molecular weight is 447 g/mol. The molecule has 1 aliphatic rings. The van der Waals surface area contributed by atoms with Crippen molar-refractivity contribution in [3.8, 4) is 0 Å². The first-order valence-electron chi connectivity index (χ1n) is 9.38. The Labute approximate surface area is 178 Å². The van der Waals surface area contributed by atoms with E-state index in [1.165, 1.54) is 4.90 Å². The summed E-state index contributed by atoms with van der Waals surface area (Å²) in [5, 5.41) is 0. The van der Waals surface area contributed by atoms with Crippen LogP contribution in [0.15, 0.2) is 95.1 Å². The molecule has 0 aliphatic carbocycles. The van der Waals surface area contributed by atoms with Gasteiger partial charge in [-0.25, -0.2) is 4.90 Å². The topological polar surface area (TPSA) is 40.6 Å². The van der Waals surface area contributed by atoms with Gasteiger partial charge in [0, 0.05) is 16.7 Å². The molecule has 0 spiro atoms. The second-order valence-electron chi connectivity index (χ2n) is 6.60. The number of anilines is 2. The van der Waals surface area contributed by atoms with Crippen molar-refractivity contribution in [3.05, 3.63) is 101 Å². The van der Waals surface area contributed by atoms with Crippen molar-refractivity contribution in [2.24, 2.45) is 0 Å². The zero-order valence-corrected chi connectivity index (χ0v) is 17.5. The number of nitrogens with zero attached hydrogens (tertiary/aromatic N) is 2. The summed E-state index contributed by atoms with van der Waals surface area (Å²) in [6.07, 6.45) is 0. The fourth-order valence-corrected chi connectivity index (χ4v) is 3.95. The van der Waals surface area contributed by atoms with E-state index >= 15 is 0 Å². The van der Waals surface area contributed by atoms with Crippen LogP contribution in [0, 0.1) is 0 Å². The summed E-state index contributed by atoms with van der Waals surface area (Å²) in [5.74, 6) is -0.638. The zero-order chi connectivity index (χ0) is 20.4. The van der Waals surface area contributed by atoms with E-state index in [0.29, 0.717) is 23.5 Å². The minimum absolute atomic E-state index is 0.316. The number of likely N-dealkylation sites (N-methyl/N-ethyl adjacent to an activating group) is 1. The van der Waals surface area contributed by atoms with E-state index < -0.39 is 0 Å². The van der Waals surface area contributed by atoms with E-state index in [1.54, 1.807) is 12.1 Å². The van der Waals surface area contributed by atoms with Gasteiger partial charge in [-0.2, -0.15) is 0 Å². The Hall–Kier alpha value is -3.18. The Bertz CT molecular complexity index is 1090. The highest BCUT2D eigenvalue weighted by atomic mass is 79.9.